The quantitative estimate of drug-likeness (QED) is 0.887. The van der Waals surface area contributed by atoms with Gasteiger partial charge in [-0.1, -0.05) is 22.0 Å². The number of hydrogen-bond donors (Lipinski definition) is 1. The Hall–Kier alpha value is -2.17. The first-order valence-electron chi connectivity index (χ1n) is 7.35. The zero-order valence-corrected chi connectivity index (χ0v) is 14.1. The highest BCUT2D eigenvalue weighted by atomic mass is 79.9. The van der Waals surface area contributed by atoms with E-state index in [2.05, 4.69) is 48.5 Å². The predicted molar refractivity (Wildman–Crippen MR) is 91.2 cm³/mol. The van der Waals surface area contributed by atoms with E-state index in [9.17, 15) is 0 Å². The van der Waals surface area contributed by atoms with Crippen LogP contribution in [0.15, 0.2) is 34.8 Å². The second kappa shape index (κ2) is 7.40. The standard InChI is InChI=1S/C16H16BrN5O/c17-13-2-1-12(15(9-13)22-5-7-23-8-6-22)11-19-16-4-3-14(10-18)20-21-16/h1-4,9H,5-8,11H2,(H,19,21). The highest BCUT2D eigenvalue weighted by molar-refractivity contribution is 9.10. The molecule has 0 saturated carbocycles. The molecule has 1 aromatic heterocycles. The fourth-order valence-electron chi connectivity index (χ4n) is 2.46. The third-order valence-electron chi connectivity index (χ3n) is 3.64. The molecule has 1 saturated heterocycles. The SMILES string of the molecule is N#Cc1ccc(NCc2ccc(Br)cc2N2CCOCC2)nn1. The first kappa shape index (κ1) is 15.7. The number of nitrogens with one attached hydrogen (secondary N) is 1. The first-order valence-corrected chi connectivity index (χ1v) is 8.14. The number of anilines is 2. The second-order valence-corrected chi connectivity index (χ2v) is 6.06. The summed E-state index contributed by atoms with van der Waals surface area (Å²) in [6.07, 6.45) is 0. The zero-order chi connectivity index (χ0) is 16.1. The minimum absolute atomic E-state index is 0.313. The van der Waals surface area contributed by atoms with E-state index in [1.807, 2.05) is 12.1 Å². The van der Waals surface area contributed by atoms with Crippen LogP contribution < -0.4 is 10.2 Å². The van der Waals surface area contributed by atoms with Gasteiger partial charge in [0.2, 0.25) is 0 Å². The predicted octanol–water partition coefficient (Wildman–Crippen LogP) is 2.56. The average molecular weight is 374 g/mol. The topological polar surface area (TPSA) is 74.1 Å². The number of nitriles is 1. The van der Waals surface area contributed by atoms with E-state index in [4.69, 9.17) is 10.00 Å². The molecule has 23 heavy (non-hydrogen) atoms. The van der Waals surface area contributed by atoms with Crippen molar-refractivity contribution in [1.82, 2.24) is 10.2 Å². The number of benzene rings is 1. The molecule has 118 valence electrons. The van der Waals surface area contributed by atoms with E-state index in [1.165, 1.54) is 11.3 Å². The summed E-state index contributed by atoms with van der Waals surface area (Å²) in [4.78, 5) is 2.33. The van der Waals surface area contributed by atoms with E-state index in [0.29, 0.717) is 18.1 Å². The summed E-state index contributed by atoms with van der Waals surface area (Å²) in [5.74, 6) is 0.653. The maximum Gasteiger partial charge on any atom is 0.163 e. The lowest BCUT2D eigenvalue weighted by molar-refractivity contribution is 0.122. The molecule has 2 heterocycles. The molecule has 0 atom stereocenters. The Morgan fingerprint density at radius 2 is 2.04 bits per heavy atom. The van der Waals surface area contributed by atoms with Crippen molar-refractivity contribution in [1.29, 1.82) is 5.26 Å². The van der Waals surface area contributed by atoms with E-state index in [0.717, 1.165) is 30.8 Å². The van der Waals surface area contributed by atoms with Gasteiger partial charge in [-0.2, -0.15) is 5.26 Å². The largest absolute Gasteiger partial charge is 0.378 e. The van der Waals surface area contributed by atoms with Crippen molar-refractivity contribution in [2.75, 3.05) is 36.5 Å². The van der Waals surface area contributed by atoms with Crippen molar-refractivity contribution in [3.63, 3.8) is 0 Å². The molecule has 0 bridgehead atoms. The second-order valence-electron chi connectivity index (χ2n) is 5.14. The molecule has 0 unspecified atom stereocenters. The van der Waals surface area contributed by atoms with Crippen LogP contribution in [0.1, 0.15) is 11.3 Å². The smallest absolute Gasteiger partial charge is 0.163 e. The molecule has 1 aromatic carbocycles. The van der Waals surface area contributed by atoms with E-state index >= 15 is 0 Å². The van der Waals surface area contributed by atoms with Crippen molar-refractivity contribution < 1.29 is 4.74 Å². The zero-order valence-electron chi connectivity index (χ0n) is 12.5. The van der Waals surface area contributed by atoms with Gasteiger partial charge >= 0.3 is 0 Å². The lowest BCUT2D eigenvalue weighted by Gasteiger charge is -2.31. The summed E-state index contributed by atoms with van der Waals surface area (Å²) in [6, 6.07) is 11.6. The Balaban J connectivity index is 1.74. The van der Waals surface area contributed by atoms with Gasteiger partial charge in [-0.25, -0.2) is 0 Å². The van der Waals surface area contributed by atoms with Crippen molar-refractivity contribution >= 4 is 27.4 Å². The van der Waals surface area contributed by atoms with Crippen LogP contribution in [0.3, 0.4) is 0 Å². The third-order valence-corrected chi connectivity index (χ3v) is 4.13. The molecule has 0 spiro atoms. The highest BCUT2D eigenvalue weighted by Crippen LogP contribution is 2.26. The molecule has 0 radical (unpaired) electrons. The molecule has 1 aliphatic heterocycles. The van der Waals surface area contributed by atoms with Crippen LogP contribution in [-0.4, -0.2) is 36.5 Å². The number of ether oxygens (including phenoxy) is 1. The maximum atomic E-state index is 8.75. The highest BCUT2D eigenvalue weighted by Gasteiger charge is 2.15. The summed E-state index contributed by atoms with van der Waals surface area (Å²) in [5, 5.41) is 19.8. The van der Waals surface area contributed by atoms with Gasteiger partial charge in [0, 0.05) is 29.8 Å². The summed E-state index contributed by atoms with van der Waals surface area (Å²) < 4.78 is 6.49. The molecule has 1 fully saturated rings. The van der Waals surface area contributed by atoms with Gasteiger partial charge in [-0.15, -0.1) is 10.2 Å². The monoisotopic (exact) mass is 373 g/mol. The summed E-state index contributed by atoms with van der Waals surface area (Å²) in [5.41, 5.74) is 2.69. The number of morpholine rings is 1. The molecule has 1 N–H and O–H groups in total. The molecule has 0 aliphatic carbocycles. The van der Waals surface area contributed by atoms with Gasteiger partial charge in [-0.3, -0.25) is 0 Å². The molecule has 3 rings (SSSR count). The van der Waals surface area contributed by atoms with E-state index in [-0.39, 0.29) is 0 Å². The fraction of sp³-hybridized carbons (Fsp3) is 0.312. The van der Waals surface area contributed by atoms with Gasteiger partial charge in [0.15, 0.2) is 5.69 Å². The average Bonchev–Trinajstić information content (AvgIpc) is 2.62. The van der Waals surface area contributed by atoms with Crippen LogP contribution in [0.25, 0.3) is 0 Å². The van der Waals surface area contributed by atoms with Crippen LogP contribution in [0.4, 0.5) is 11.5 Å². The van der Waals surface area contributed by atoms with Gasteiger partial charge < -0.3 is 15.0 Å². The van der Waals surface area contributed by atoms with Crippen molar-refractivity contribution in [2.24, 2.45) is 0 Å². The van der Waals surface area contributed by atoms with E-state index in [1.54, 1.807) is 12.1 Å². The Labute approximate surface area is 143 Å². The molecule has 1 aliphatic rings. The van der Waals surface area contributed by atoms with Crippen molar-refractivity contribution in [2.45, 2.75) is 6.54 Å². The Kier molecular flexibility index (Phi) is 5.05. The van der Waals surface area contributed by atoms with Gasteiger partial charge in [0.1, 0.15) is 11.9 Å². The fourth-order valence-corrected chi connectivity index (χ4v) is 2.81. The number of aromatic nitrogens is 2. The van der Waals surface area contributed by atoms with Crippen LogP contribution in [0.5, 0.6) is 0 Å². The minimum Gasteiger partial charge on any atom is -0.378 e. The Morgan fingerprint density at radius 1 is 1.22 bits per heavy atom. The molecular formula is C16H16BrN5O. The normalized spacial score (nSPS) is 14.3. The Bertz CT molecular complexity index is 707. The lowest BCUT2D eigenvalue weighted by atomic mass is 10.1. The van der Waals surface area contributed by atoms with Gasteiger partial charge in [-0.05, 0) is 29.8 Å². The number of hydrogen-bond acceptors (Lipinski definition) is 6. The molecule has 7 heteroatoms. The number of rotatable bonds is 4. The number of nitrogens with zero attached hydrogens (tertiary/aromatic N) is 4. The van der Waals surface area contributed by atoms with Crippen molar-refractivity contribution in [3.05, 3.63) is 46.1 Å². The summed E-state index contributed by atoms with van der Waals surface area (Å²) in [7, 11) is 0. The maximum absolute atomic E-state index is 8.75. The van der Waals surface area contributed by atoms with Gasteiger partial charge in [0.25, 0.3) is 0 Å². The van der Waals surface area contributed by atoms with Gasteiger partial charge in [0.05, 0.1) is 13.2 Å². The van der Waals surface area contributed by atoms with Crippen LogP contribution in [0, 0.1) is 11.3 Å². The van der Waals surface area contributed by atoms with Crippen molar-refractivity contribution in [3.8, 4) is 6.07 Å². The van der Waals surface area contributed by atoms with Crippen LogP contribution >= 0.6 is 15.9 Å². The Morgan fingerprint density at radius 3 is 2.74 bits per heavy atom. The molecular weight excluding hydrogens is 358 g/mol. The first-order chi connectivity index (χ1) is 11.3. The molecule has 0 amide bonds. The summed E-state index contributed by atoms with van der Waals surface area (Å²) >= 11 is 3.54. The summed E-state index contributed by atoms with van der Waals surface area (Å²) in [6.45, 7) is 3.92. The third kappa shape index (κ3) is 3.97. The number of halogens is 1. The lowest BCUT2D eigenvalue weighted by Crippen LogP contribution is -2.36. The minimum atomic E-state index is 0.313. The van der Waals surface area contributed by atoms with E-state index < -0.39 is 0 Å². The van der Waals surface area contributed by atoms with Crippen LogP contribution in [-0.2, 0) is 11.3 Å². The molecule has 2 aromatic rings. The molecule has 6 nitrogen and oxygen atoms in total. The van der Waals surface area contributed by atoms with Crippen LogP contribution in [0.2, 0.25) is 0 Å².